The molecule has 0 fully saturated rings. The van der Waals surface area contributed by atoms with E-state index in [1.165, 1.54) is 0 Å². The molecule has 0 saturated carbocycles. The van der Waals surface area contributed by atoms with Crippen LogP contribution in [0.25, 0.3) is 10.9 Å². The highest BCUT2D eigenvalue weighted by Gasteiger charge is 2.04. The molecule has 0 aliphatic rings. The minimum absolute atomic E-state index is 0.490. The minimum atomic E-state index is 0.490. The van der Waals surface area contributed by atoms with Gasteiger partial charge in [-0.15, -0.1) is 0 Å². The van der Waals surface area contributed by atoms with Crippen molar-refractivity contribution >= 4 is 34.1 Å². The van der Waals surface area contributed by atoms with Crippen LogP contribution in [0, 0.1) is 0 Å². The Morgan fingerprint density at radius 1 is 1.44 bits per heavy atom. The summed E-state index contributed by atoms with van der Waals surface area (Å²) in [5.41, 5.74) is 0.777. The number of thiocarbonyl (C=S) groups is 1. The molecule has 0 unspecified atom stereocenters. The highest BCUT2D eigenvalue weighted by molar-refractivity contribution is 7.80. The summed E-state index contributed by atoms with van der Waals surface area (Å²) in [5.74, 6) is 1.22. The lowest BCUT2D eigenvalue weighted by molar-refractivity contribution is 0.419. The van der Waals surface area contributed by atoms with Gasteiger partial charge in [0.2, 0.25) is 5.95 Å². The number of aromatic nitrogens is 2. The number of fused-ring (bicyclic) bond motifs is 1. The third-order valence-corrected chi connectivity index (χ3v) is 2.18. The maximum Gasteiger partial charge on any atom is 0.228 e. The van der Waals surface area contributed by atoms with Gasteiger partial charge in [0, 0.05) is 11.6 Å². The molecule has 1 aromatic carbocycles. The van der Waals surface area contributed by atoms with Gasteiger partial charge in [-0.05, 0) is 13.0 Å². The number of benzene rings is 1. The molecule has 0 aliphatic heterocycles. The predicted octanol–water partition coefficient (Wildman–Crippen LogP) is 2.40. The maximum absolute atomic E-state index is 5.24. The van der Waals surface area contributed by atoms with E-state index in [-0.39, 0.29) is 0 Å². The van der Waals surface area contributed by atoms with Crippen LogP contribution in [0.5, 0.6) is 5.75 Å². The summed E-state index contributed by atoms with van der Waals surface area (Å²) < 4.78 is 5.24. The number of anilines is 1. The molecule has 0 radical (unpaired) electrons. The minimum Gasteiger partial charge on any atom is -0.494 e. The van der Waals surface area contributed by atoms with E-state index in [0.717, 1.165) is 16.7 Å². The fourth-order valence-electron chi connectivity index (χ4n) is 1.41. The van der Waals surface area contributed by atoms with Gasteiger partial charge in [0.15, 0.2) is 0 Å². The van der Waals surface area contributed by atoms with Crippen molar-refractivity contribution < 1.29 is 4.74 Å². The van der Waals surface area contributed by atoms with E-state index in [9.17, 15) is 0 Å². The van der Waals surface area contributed by atoms with Gasteiger partial charge in [-0.25, -0.2) is 9.97 Å². The third-order valence-electron chi connectivity index (χ3n) is 2.08. The normalized spacial score (nSPS) is 10.1. The Bertz CT molecular complexity index is 542. The van der Waals surface area contributed by atoms with Crippen molar-refractivity contribution in [2.75, 3.05) is 12.4 Å². The monoisotopic (exact) mass is 233 g/mol. The molecule has 1 heterocycles. The van der Waals surface area contributed by atoms with E-state index in [4.69, 9.17) is 17.0 Å². The number of ether oxygens (including phenoxy) is 1. The van der Waals surface area contributed by atoms with Gasteiger partial charge in [0.05, 0.1) is 12.1 Å². The summed E-state index contributed by atoms with van der Waals surface area (Å²) in [6, 6.07) is 5.71. The van der Waals surface area contributed by atoms with Crippen molar-refractivity contribution in [3.63, 3.8) is 0 Å². The van der Waals surface area contributed by atoms with Crippen molar-refractivity contribution in [1.29, 1.82) is 0 Å². The van der Waals surface area contributed by atoms with Crippen molar-refractivity contribution in [3.05, 3.63) is 24.4 Å². The first kappa shape index (κ1) is 10.8. The van der Waals surface area contributed by atoms with Crippen molar-refractivity contribution in [2.45, 2.75) is 6.92 Å². The lowest BCUT2D eigenvalue weighted by Gasteiger charge is -2.06. The van der Waals surface area contributed by atoms with Crippen LogP contribution in [0.15, 0.2) is 24.4 Å². The molecule has 1 N–H and O–H groups in total. The summed E-state index contributed by atoms with van der Waals surface area (Å²) in [5, 5.41) is 3.84. The van der Waals surface area contributed by atoms with Gasteiger partial charge in [-0.2, -0.15) is 0 Å². The summed E-state index contributed by atoms with van der Waals surface area (Å²) in [4.78, 5) is 9.14. The number of hydrogen-bond donors (Lipinski definition) is 1. The molecule has 0 bridgehead atoms. The van der Waals surface area contributed by atoms with Gasteiger partial charge in [-0.1, -0.05) is 24.4 Å². The Balaban J connectivity index is 2.54. The fourth-order valence-corrected chi connectivity index (χ4v) is 1.50. The topological polar surface area (TPSA) is 47.0 Å². The maximum atomic E-state index is 5.24. The second kappa shape index (κ2) is 4.40. The number of rotatable bonds is 2. The lowest BCUT2D eigenvalue weighted by atomic mass is 10.2. The highest BCUT2D eigenvalue weighted by Crippen LogP contribution is 2.23. The molecular weight excluding hydrogens is 222 g/mol. The molecular formula is C11H11N3OS. The first-order valence-electron chi connectivity index (χ1n) is 4.78. The van der Waals surface area contributed by atoms with E-state index in [1.54, 1.807) is 20.2 Å². The number of para-hydroxylation sites is 1. The molecule has 0 saturated heterocycles. The van der Waals surface area contributed by atoms with Crippen molar-refractivity contribution in [3.8, 4) is 5.75 Å². The van der Waals surface area contributed by atoms with E-state index in [0.29, 0.717) is 10.9 Å². The van der Waals surface area contributed by atoms with E-state index in [2.05, 4.69) is 15.3 Å². The van der Waals surface area contributed by atoms with Crippen LogP contribution < -0.4 is 10.1 Å². The smallest absolute Gasteiger partial charge is 0.228 e. The first-order valence-corrected chi connectivity index (χ1v) is 5.19. The zero-order valence-corrected chi connectivity index (χ0v) is 9.84. The average Bonchev–Trinajstić information content (AvgIpc) is 2.27. The van der Waals surface area contributed by atoms with Crippen LogP contribution in [0.2, 0.25) is 0 Å². The van der Waals surface area contributed by atoms with Gasteiger partial charge in [-0.3, -0.25) is 0 Å². The van der Waals surface area contributed by atoms with Gasteiger partial charge < -0.3 is 10.1 Å². The molecule has 0 atom stereocenters. The number of nitrogens with zero attached hydrogens (tertiary/aromatic N) is 2. The summed E-state index contributed by atoms with van der Waals surface area (Å²) in [6.07, 6.45) is 1.74. The molecule has 82 valence electrons. The van der Waals surface area contributed by atoms with E-state index in [1.807, 2.05) is 18.2 Å². The standard InChI is InChI=1S/C11H11N3OS/c1-7(16)13-11-12-6-8-4-3-5-9(15-2)10(8)14-11/h3-6H,1-2H3,(H,12,13,14,16). The number of methoxy groups -OCH3 is 1. The quantitative estimate of drug-likeness (QED) is 0.807. The molecule has 5 heteroatoms. The van der Waals surface area contributed by atoms with Crippen LogP contribution in [0.3, 0.4) is 0 Å². The Kier molecular flexibility index (Phi) is 2.96. The molecule has 2 rings (SSSR count). The second-order valence-corrected chi connectivity index (χ2v) is 3.89. The molecule has 4 nitrogen and oxygen atoms in total. The van der Waals surface area contributed by atoms with Crippen molar-refractivity contribution in [1.82, 2.24) is 9.97 Å². The van der Waals surface area contributed by atoms with Crippen LogP contribution in [0.4, 0.5) is 5.95 Å². The highest BCUT2D eigenvalue weighted by atomic mass is 32.1. The van der Waals surface area contributed by atoms with Crippen molar-refractivity contribution in [2.24, 2.45) is 0 Å². The molecule has 0 aliphatic carbocycles. The number of hydrogen-bond acceptors (Lipinski definition) is 4. The largest absolute Gasteiger partial charge is 0.494 e. The zero-order chi connectivity index (χ0) is 11.5. The number of nitrogens with one attached hydrogen (secondary N) is 1. The first-order chi connectivity index (χ1) is 7.70. The summed E-state index contributed by atoms with van der Waals surface area (Å²) >= 11 is 4.94. The molecule has 1 aromatic heterocycles. The fraction of sp³-hybridized carbons (Fsp3) is 0.182. The van der Waals surface area contributed by atoms with E-state index < -0.39 is 0 Å². The zero-order valence-electron chi connectivity index (χ0n) is 9.02. The van der Waals surface area contributed by atoms with Gasteiger partial charge in [0.1, 0.15) is 11.3 Å². The van der Waals surface area contributed by atoms with Gasteiger partial charge in [0.25, 0.3) is 0 Å². The molecule has 16 heavy (non-hydrogen) atoms. The SMILES string of the molecule is COc1cccc2cnc(NC(C)=S)nc12. The Morgan fingerprint density at radius 2 is 2.25 bits per heavy atom. The third kappa shape index (κ3) is 2.09. The Hall–Kier alpha value is -1.75. The van der Waals surface area contributed by atoms with E-state index >= 15 is 0 Å². The average molecular weight is 233 g/mol. The van der Waals surface area contributed by atoms with Gasteiger partial charge >= 0.3 is 0 Å². The molecule has 0 amide bonds. The van der Waals surface area contributed by atoms with Crippen LogP contribution in [-0.4, -0.2) is 22.1 Å². The Labute approximate surface area is 98.7 Å². The molecule has 2 aromatic rings. The van der Waals surface area contributed by atoms with Crippen LogP contribution in [-0.2, 0) is 0 Å². The molecule has 0 spiro atoms. The second-order valence-electron chi connectivity index (χ2n) is 3.27. The summed E-state index contributed by atoms with van der Waals surface area (Å²) in [6.45, 7) is 1.78. The Morgan fingerprint density at radius 3 is 2.94 bits per heavy atom. The lowest BCUT2D eigenvalue weighted by Crippen LogP contribution is -2.07. The van der Waals surface area contributed by atoms with Crippen LogP contribution >= 0.6 is 12.2 Å². The van der Waals surface area contributed by atoms with Crippen LogP contribution in [0.1, 0.15) is 6.92 Å². The predicted molar refractivity (Wildman–Crippen MR) is 68.0 cm³/mol. The summed E-state index contributed by atoms with van der Waals surface area (Å²) in [7, 11) is 1.62.